The van der Waals surface area contributed by atoms with Crippen molar-refractivity contribution in [2.75, 3.05) is 6.61 Å². The van der Waals surface area contributed by atoms with Crippen LogP contribution in [0.4, 0.5) is 0 Å². The average molecular weight is 281 g/mol. The number of hydrogen-bond acceptors (Lipinski definition) is 6. The van der Waals surface area contributed by atoms with Crippen molar-refractivity contribution in [3.8, 4) is 6.07 Å². The van der Waals surface area contributed by atoms with Crippen molar-refractivity contribution in [1.82, 2.24) is 0 Å². The Morgan fingerprint density at radius 2 is 2.10 bits per heavy atom. The van der Waals surface area contributed by atoms with Crippen LogP contribution < -0.4 is 0 Å². The van der Waals surface area contributed by atoms with Gasteiger partial charge in [-0.3, -0.25) is 9.59 Å². The fraction of sp³-hybridized carbons (Fsp3) is 0.643. The highest BCUT2D eigenvalue weighted by molar-refractivity contribution is 5.66. The van der Waals surface area contributed by atoms with Gasteiger partial charge < -0.3 is 14.2 Å². The zero-order valence-electron chi connectivity index (χ0n) is 11.7. The Morgan fingerprint density at radius 1 is 1.35 bits per heavy atom. The van der Waals surface area contributed by atoms with Crippen molar-refractivity contribution < 1.29 is 23.8 Å². The average Bonchev–Trinajstić information content (AvgIpc) is 2.38. The van der Waals surface area contributed by atoms with Crippen molar-refractivity contribution in [1.29, 1.82) is 5.26 Å². The molecule has 1 rings (SSSR count). The topological polar surface area (TPSA) is 85.6 Å². The van der Waals surface area contributed by atoms with Gasteiger partial charge in [-0.25, -0.2) is 0 Å². The summed E-state index contributed by atoms with van der Waals surface area (Å²) in [6.07, 6.45) is 4.20. The van der Waals surface area contributed by atoms with Crippen LogP contribution in [0.3, 0.4) is 0 Å². The minimum absolute atomic E-state index is 0.0341. The van der Waals surface area contributed by atoms with Gasteiger partial charge in [-0.1, -0.05) is 0 Å². The number of nitrogens with zero attached hydrogens (tertiary/aromatic N) is 1. The SMILES string of the molecule is CC(=O)OC[C@H]1OC=C[C@@H](CCCC#N)[C@@H]1OC(C)=O. The molecule has 1 aliphatic rings. The smallest absolute Gasteiger partial charge is 0.303 e. The summed E-state index contributed by atoms with van der Waals surface area (Å²) in [4.78, 5) is 22.1. The number of unbranched alkanes of at least 4 members (excludes halogenated alkanes) is 1. The number of esters is 2. The summed E-state index contributed by atoms with van der Waals surface area (Å²) >= 11 is 0. The van der Waals surface area contributed by atoms with Gasteiger partial charge in [0.05, 0.1) is 12.3 Å². The second-order valence-corrected chi connectivity index (χ2v) is 4.59. The van der Waals surface area contributed by atoms with Gasteiger partial charge in [0.2, 0.25) is 0 Å². The second kappa shape index (κ2) is 8.20. The molecule has 0 fully saturated rings. The fourth-order valence-corrected chi connectivity index (χ4v) is 2.08. The van der Waals surface area contributed by atoms with Crippen molar-refractivity contribution in [3.05, 3.63) is 12.3 Å². The van der Waals surface area contributed by atoms with Gasteiger partial charge >= 0.3 is 11.9 Å². The first-order chi connectivity index (χ1) is 9.54. The molecule has 0 spiro atoms. The Balaban J connectivity index is 2.68. The van der Waals surface area contributed by atoms with Crippen LogP contribution in [-0.2, 0) is 23.8 Å². The Morgan fingerprint density at radius 3 is 2.70 bits per heavy atom. The summed E-state index contributed by atoms with van der Waals surface area (Å²) in [6, 6.07) is 2.08. The zero-order chi connectivity index (χ0) is 15.0. The Kier molecular flexibility index (Phi) is 6.57. The van der Waals surface area contributed by atoms with Gasteiger partial charge in [0.1, 0.15) is 12.7 Å². The maximum atomic E-state index is 11.2. The van der Waals surface area contributed by atoms with Crippen molar-refractivity contribution in [2.24, 2.45) is 5.92 Å². The van der Waals surface area contributed by atoms with Crippen LogP contribution in [-0.4, -0.2) is 30.8 Å². The number of nitriles is 1. The number of hydrogen-bond donors (Lipinski definition) is 0. The number of carbonyl (C=O) groups is 2. The lowest BCUT2D eigenvalue weighted by molar-refractivity contribution is -0.164. The molecule has 110 valence electrons. The first-order valence-corrected chi connectivity index (χ1v) is 6.54. The predicted molar refractivity (Wildman–Crippen MR) is 69.2 cm³/mol. The summed E-state index contributed by atoms with van der Waals surface area (Å²) in [5.74, 6) is -0.862. The molecular formula is C14H19NO5. The second-order valence-electron chi connectivity index (χ2n) is 4.59. The number of carbonyl (C=O) groups excluding carboxylic acids is 2. The highest BCUT2D eigenvalue weighted by Crippen LogP contribution is 2.26. The van der Waals surface area contributed by atoms with Gasteiger partial charge in [0.15, 0.2) is 6.10 Å². The molecule has 0 unspecified atom stereocenters. The molecule has 0 N–H and O–H groups in total. The zero-order valence-corrected chi connectivity index (χ0v) is 11.7. The molecule has 0 aliphatic carbocycles. The first-order valence-electron chi connectivity index (χ1n) is 6.54. The molecule has 0 saturated carbocycles. The molecule has 6 nitrogen and oxygen atoms in total. The van der Waals surface area contributed by atoms with E-state index in [1.54, 1.807) is 0 Å². The lowest BCUT2D eigenvalue weighted by Gasteiger charge is -2.33. The largest absolute Gasteiger partial charge is 0.491 e. The monoisotopic (exact) mass is 281 g/mol. The van der Waals surface area contributed by atoms with E-state index in [4.69, 9.17) is 19.5 Å². The van der Waals surface area contributed by atoms with Crippen molar-refractivity contribution in [2.45, 2.75) is 45.3 Å². The van der Waals surface area contributed by atoms with E-state index in [9.17, 15) is 9.59 Å². The molecule has 0 saturated heterocycles. The van der Waals surface area contributed by atoms with Gasteiger partial charge in [0.25, 0.3) is 0 Å². The van der Waals surface area contributed by atoms with Crippen LogP contribution in [0.2, 0.25) is 0 Å². The van der Waals surface area contributed by atoms with E-state index in [1.807, 2.05) is 6.08 Å². The molecule has 0 aromatic heterocycles. The quantitative estimate of drug-likeness (QED) is 0.544. The summed E-state index contributed by atoms with van der Waals surface area (Å²) in [7, 11) is 0. The summed E-state index contributed by atoms with van der Waals surface area (Å²) in [5.41, 5.74) is 0. The molecule has 3 atom stereocenters. The maximum absolute atomic E-state index is 11.2. The lowest BCUT2D eigenvalue weighted by atomic mass is 9.91. The molecule has 20 heavy (non-hydrogen) atoms. The molecule has 1 aliphatic heterocycles. The molecule has 0 radical (unpaired) electrons. The maximum Gasteiger partial charge on any atom is 0.303 e. The molecule has 0 aromatic rings. The molecule has 1 heterocycles. The first kappa shape index (κ1) is 16.0. The van der Waals surface area contributed by atoms with Gasteiger partial charge in [-0.2, -0.15) is 5.26 Å². The minimum atomic E-state index is -0.514. The van der Waals surface area contributed by atoms with E-state index in [0.717, 1.165) is 0 Å². The molecule has 6 heteroatoms. The van der Waals surface area contributed by atoms with E-state index in [0.29, 0.717) is 19.3 Å². The predicted octanol–water partition coefficient (Wildman–Crippen LogP) is 1.70. The Bertz CT molecular complexity index is 412. The van der Waals surface area contributed by atoms with E-state index in [2.05, 4.69) is 6.07 Å². The summed E-state index contributed by atoms with van der Waals surface area (Å²) in [5, 5.41) is 8.57. The van der Waals surface area contributed by atoms with Gasteiger partial charge in [-0.05, 0) is 18.9 Å². The van der Waals surface area contributed by atoms with Crippen LogP contribution in [0.1, 0.15) is 33.1 Å². The van der Waals surface area contributed by atoms with Gasteiger partial charge in [0, 0.05) is 26.2 Å². The van der Waals surface area contributed by atoms with E-state index in [-0.39, 0.29) is 12.5 Å². The van der Waals surface area contributed by atoms with Crippen molar-refractivity contribution >= 4 is 11.9 Å². The van der Waals surface area contributed by atoms with E-state index in [1.165, 1.54) is 20.1 Å². The van der Waals surface area contributed by atoms with Gasteiger partial charge in [-0.15, -0.1) is 0 Å². The van der Waals surface area contributed by atoms with Crippen LogP contribution in [0.5, 0.6) is 0 Å². The lowest BCUT2D eigenvalue weighted by Crippen LogP contribution is -2.43. The molecular weight excluding hydrogens is 262 g/mol. The summed E-state index contributed by atoms with van der Waals surface area (Å²) < 4.78 is 15.6. The van der Waals surface area contributed by atoms with Crippen LogP contribution >= 0.6 is 0 Å². The summed E-state index contributed by atoms with van der Waals surface area (Å²) in [6.45, 7) is 2.67. The third kappa shape index (κ3) is 5.31. The normalized spacial score (nSPS) is 24.4. The highest BCUT2D eigenvalue weighted by atomic mass is 16.6. The highest BCUT2D eigenvalue weighted by Gasteiger charge is 2.35. The number of ether oxygens (including phenoxy) is 3. The van der Waals surface area contributed by atoms with E-state index < -0.39 is 24.1 Å². The fourth-order valence-electron chi connectivity index (χ4n) is 2.08. The van der Waals surface area contributed by atoms with Crippen LogP contribution in [0.25, 0.3) is 0 Å². The van der Waals surface area contributed by atoms with Crippen LogP contribution in [0.15, 0.2) is 12.3 Å². The number of rotatable bonds is 6. The minimum Gasteiger partial charge on any atom is -0.491 e. The molecule has 0 aromatic carbocycles. The van der Waals surface area contributed by atoms with E-state index >= 15 is 0 Å². The molecule has 0 amide bonds. The Hall–Kier alpha value is -2.03. The third-order valence-corrected chi connectivity index (χ3v) is 2.95. The molecule has 0 bridgehead atoms. The third-order valence-electron chi connectivity index (χ3n) is 2.95. The standard InChI is InChI=1S/C14H19NO5/c1-10(16)19-9-13-14(20-11(2)17)12(6-8-18-13)5-3-4-7-15/h6,8,12-14H,3-5,9H2,1-2H3/t12-,13-,14+/m1/s1. The Labute approximate surface area is 118 Å². The van der Waals surface area contributed by atoms with Crippen LogP contribution in [0, 0.1) is 17.2 Å². The van der Waals surface area contributed by atoms with Crippen molar-refractivity contribution in [3.63, 3.8) is 0 Å².